The molecule has 0 N–H and O–H groups in total. The zero-order valence-electron chi connectivity index (χ0n) is 19.1. The van der Waals surface area contributed by atoms with Gasteiger partial charge in [0.25, 0.3) is 11.5 Å². The Balaban J connectivity index is 1.64. The first-order valence-electron chi connectivity index (χ1n) is 11.5. The summed E-state index contributed by atoms with van der Waals surface area (Å²) in [4.78, 5) is 36.3. The van der Waals surface area contributed by atoms with Gasteiger partial charge in [0.05, 0.1) is 22.7 Å². The molecule has 2 saturated heterocycles. The number of aryl methyl sites for hydroxylation is 1. The molecule has 3 fully saturated rings. The molecule has 0 aromatic carbocycles. The summed E-state index contributed by atoms with van der Waals surface area (Å²) in [5, 5.41) is 0. The van der Waals surface area contributed by atoms with Crippen molar-refractivity contribution in [3.63, 3.8) is 0 Å². The normalized spacial score (nSPS) is 25.7. The van der Waals surface area contributed by atoms with Gasteiger partial charge < -0.3 is 9.64 Å². The van der Waals surface area contributed by atoms with Gasteiger partial charge in [0.1, 0.15) is 15.8 Å². The number of hydrogen-bond donors (Lipinski definition) is 0. The van der Waals surface area contributed by atoms with Gasteiger partial charge in [-0.25, -0.2) is 4.98 Å². The van der Waals surface area contributed by atoms with Crippen LogP contribution in [0, 0.1) is 6.92 Å². The molecule has 2 aliphatic heterocycles. The molecule has 2 atom stereocenters. The van der Waals surface area contributed by atoms with Crippen LogP contribution in [0.5, 0.6) is 0 Å². The second-order valence-electron chi connectivity index (χ2n) is 9.19. The highest BCUT2D eigenvalue weighted by Crippen LogP contribution is 2.38. The fourth-order valence-electron chi connectivity index (χ4n) is 5.11. The maximum Gasteiger partial charge on any atom is 0.267 e. The zero-order valence-corrected chi connectivity index (χ0v) is 20.7. The van der Waals surface area contributed by atoms with Crippen molar-refractivity contribution in [2.24, 2.45) is 0 Å². The zero-order chi connectivity index (χ0) is 23.3. The average Bonchev–Trinajstić information content (AvgIpc) is 3.37. The van der Waals surface area contributed by atoms with E-state index in [0.717, 1.165) is 31.2 Å². The summed E-state index contributed by atoms with van der Waals surface area (Å²) in [6.45, 7) is 7.25. The fraction of sp³-hybridized carbons (Fsp3) is 0.500. The first-order valence-corrected chi connectivity index (χ1v) is 12.8. The lowest BCUT2D eigenvalue weighted by atomic mass is 10.1. The molecule has 2 unspecified atom stereocenters. The Hall–Kier alpha value is -2.23. The van der Waals surface area contributed by atoms with E-state index in [1.807, 2.05) is 32.9 Å². The summed E-state index contributed by atoms with van der Waals surface area (Å²) in [7, 11) is 0. The van der Waals surface area contributed by atoms with Gasteiger partial charge in [-0.05, 0) is 51.3 Å². The summed E-state index contributed by atoms with van der Waals surface area (Å²) in [6.07, 6.45) is 7.66. The van der Waals surface area contributed by atoms with E-state index in [2.05, 4.69) is 4.90 Å². The molecule has 33 heavy (non-hydrogen) atoms. The molecular formula is C24H28N4O3S2. The van der Waals surface area contributed by atoms with Crippen molar-refractivity contribution >= 4 is 51.7 Å². The summed E-state index contributed by atoms with van der Waals surface area (Å²) < 4.78 is 8.05. The Morgan fingerprint density at radius 3 is 2.58 bits per heavy atom. The molecule has 1 aliphatic carbocycles. The Morgan fingerprint density at radius 2 is 1.88 bits per heavy atom. The van der Waals surface area contributed by atoms with Crippen molar-refractivity contribution in [3.8, 4) is 0 Å². The number of carbonyl (C=O) groups excluding carboxylic acids is 1. The molecule has 1 saturated carbocycles. The number of morpholine rings is 1. The maximum absolute atomic E-state index is 13.7. The molecule has 0 radical (unpaired) electrons. The number of thioether (sulfide) groups is 1. The highest BCUT2D eigenvalue weighted by Gasteiger charge is 2.38. The first-order chi connectivity index (χ1) is 15.8. The molecule has 5 rings (SSSR count). The van der Waals surface area contributed by atoms with Gasteiger partial charge in [0.15, 0.2) is 0 Å². The Labute approximate surface area is 202 Å². The highest BCUT2D eigenvalue weighted by molar-refractivity contribution is 8.26. The van der Waals surface area contributed by atoms with Gasteiger partial charge in [-0.15, -0.1) is 0 Å². The molecule has 0 bridgehead atoms. The van der Waals surface area contributed by atoms with Crippen molar-refractivity contribution in [1.82, 2.24) is 14.3 Å². The van der Waals surface area contributed by atoms with Gasteiger partial charge in [0, 0.05) is 25.3 Å². The van der Waals surface area contributed by atoms with Crippen LogP contribution in [0.3, 0.4) is 0 Å². The SMILES string of the molecule is Cc1cccn2c(=O)c(/C=C3/SC(=S)N(C4CCCC4)C3=O)c(N3CC(C)OC(C)C3)nc12. The Bertz CT molecular complexity index is 1210. The number of carbonyl (C=O) groups is 1. The van der Waals surface area contributed by atoms with E-state index in [0.29, 0.717) is 39.3 Å². The van der Waals surface area contributed by atoms with E-state index in [-0.39, 0.29) is 29.7 Å². The van der Waals surface area contributed by atoms with Crippen LogP contribution in [-0.2, 0) is 9.53 Å². The molecule has 0 spiro atoms. The van der Waals surface area contributed by atoms with Crippen LogP contribution in [0.1, 0.15) is 50.7 Å². The minimum atomic E-state index is -0.184. The van der Waals surface area contributed by atoms with E-state index in [4.69, 9.17) is 21.9 Å². The largest absolute Gasteiger partial charge is 0.372 e. The van der Waals surface area contributed by atoms with Gasteiger partial charge >= 0.3 is 0 Å². The number of amides is 1. The number of ether oxygens (including phenoxy) is 1. The minimum Gasteiger partial charge on any atom is -0.372 e. The maximum atomic E-state index is 13.7. The Morgan fingerprint density at radius 1 is 1.18 bits per heavy atom. The standard InChI is InChI=1S/C24H28N4O3S2/c1-14-7-6-10-27-20(14)25-21(26-12-15(2)31-16(3)13-26)18(22(27)29)11-19-23(30)28(24(32)33-19)17-8-4-5-9-17/h6-7,10-11,15-17H,4-5,8-9,12-13H2,1-3H3/b19-11+. The van der Waals surface area contributed by atoms with Gasteiger partial charge in [0.2, 0.25) is 0 Å². The topological polar surface area (TPSA) is 67.2 Å². The van der Waals surface area contributed by atoms with E-state index in [9.17, 15) is 9.59 Å². The van der Waals surface area contributed by atoms with E-state index in [1.165, 1.54) is 11.8 Å². The highest BCUT2D eigenvalue weighted by atomic mass is 32.2. The molecule has 174 valence electrons. The van der Waals surface area contributed by atoms with Crippen molar-refractivity contribution in [2.75, 3.05) is 18.0 Å². The number of aromatic nitrogens is 2. The molecule has 4 heterocycles. The fourth-order valence-corrected chi connectivity index (χ4v) is 6.49. The number of anilines is 1. The number of nitrogens with zero attached hydrogens (tertiary/aromatic N) is 4. The van der Waals surface area contributed by atoms with Crippen molar-refractivity contribution in [1.29, 1.82) is 0 Å². The summed E-state index contributed by atoms with van der Waals surface area (Å²) >= 11 is 6.85. The lowest BCUT2D eigenvalue weighted by Gasteiger charge is -2.36. The molecule has 7 nitrogen and oxygen atoms in total. The number of thiocarbonyl (C=S) groups is 1. The van der Waals surface area contributed by atoms with Crippen molar-refractivity contribution in [2.45, 2.75) is 64.7 Å². The number of rotatable bonds is 3. The van der Waals surface area contributed by atoms with Crippen molar-refractivity contribution < 1.29 is 9.53 Å². The third-order valence-electron chi connectivity index (χ3n) is 6.57. The van der Waals surface area contributed by atoms with Crippen molar-refractivity contribution in [3.05, 3.63) is 44.7 Å². The van der Waals surface area contributed by atoms with Crippen LogP contribution in [-0.4, -0.2) is 55.9 Å². The monoisotopic (exact) mass is 484 g/mol. The second kappa shape index (κ2) is 8.85. The van der Waals surface area contributed by atoms with Crippen LogP contribution in [0.15, 0.2) is 28.0 Å². The second-order valence-corrected chi connectivity index (χ2v) is 10.9. The predicted octanol–water partition coefficient (Wildman–Crippen LogP) is 3.76. The molecule has 3 aliphatic rings. The van der Waals surface area contributed by atoms with Crippen LogP contribution < -0.4 is 10.5 Å². The molecule has 2 aromatic heterocycles. The third kappa shape index (κ3) is 4.11. The summed E-state index contributed by atoms with van der Waals surface area (Å²) in [5.41, 5.74) is 1.78. The van der Waals surface area contributed by atoms with Crippen LogP contribution in [0.4, 0.5) is 5.82 Å². The van der Waals surface area contributed by atoms with Crippen LogP contribution in [0.2, 0.25) is 0 Å². The van der Waals surface area contributed by atoms with Gasteiger partial charge in [-0.1, -0.05) is 42.9 Å². The molecular weight excluding hydrogens is 456 g/mol. The number of fused-ring (bicyclic) bond motifs is 1. The number of hydrogen-bond acceptors (Lipinski definition) is 7. The Kier molecular flexibility index (Phi) is 6.05. The quantitative estimate of drug-likeness (QED) is 0.485. The van der Waals surface area contributed by atoms with E-state index < -0.39 is 0 Å². The first kappa shape index (κ1) is 22.6. The summed E-state index contributed by atoms with van der Waals surface area (Å²) in [6, 6.07) is 3.96. The van der Waals surface area contributed by atoms with Gasteiger partial charge in [-0.3, -0.25) is 18.9 Å². The van der Waals surface area contributed by atoms with E-state index >= 15 is 0 Å². The average molecular weight is 485 g/mol. The molecule has 2 aromatic rings. The smallest absolute Gasteiger partial charge is 0.267 e. The molecule has 1 amide bonds. The van der Waals surface area contributed by atoms with E-state index in [1.54, 1.807) is 21.6 Å². The lowest BCUT2D eigenvalue weighted by molar-refractivity contribution is -0.123. The number of pyridine rings is 1. The lowest BCUT2D eigenvalue weighted by Crippen LogP contribution is -2.46. The van der Waals surface area contributed by atoms with Crippen LogP contribution in [0.25, 0.3) is 11.7 Å². The predicted molar refractivity (Wildman–Crippen MR) is 136 cm³/mol. The summed E-state index contributed by atoms with van der Waals surface area (Å²) in [5.74, 6) is 0.503. The minimum absolute atomic E-state index is 0.0132. The van der Waals surface area contributed by atoms with Gasteiger partial charge in [-0.2, -0.15) is 0 Å². The third-order valence-corrected chi connectivity index (χ3v) is 7.90. The molecule has 9 heteroatoms. The van der Waals surface area contributed by atoms with Crippen LogP contribution >= 0.6 is 24.0 Å².